The third kappa shape index (κ3) is 2.52. The largest absolute Gasteiger partial charge is 0.354 e. The zero-order valence-electron chi connectivity index (χ0n) is 8.68. The van der Waals surface area contributed by atoms with E-state index >= 15 is 0 Å². The predicted octanol–water partition coefficient (Wildman–Crippen LogP) is 0.573. The molecule has 1 heterocycles. The van der Waals surface area contributed by atoms with E-state index in [0.29, 0.717) is 0 Å². The van der Waals surface area contributed by atoms with Crippen molar-refractivity contribution in [2.75, 3.05) is 20.6 Å². The number of hydrogen-bond donors (Lipinski definition) is 2. The molecule has 0 fully saturated rings. The number of rotatable bonds is 4. The van der Waals surface area contributed by atoms with Crippen LogP contribution in [0.1, 0.15) is 20.4 Å². The van der Waals surface area contributed by atoms with Crippen molar-refractivity contribution in [3.8, 4) is 0 Å². The Labute approximate surface area is 87.7 Å². The molecular formula is C9H15N3OS. The SMILES string of the molecule is CNCCc1nc(C)c(C(=O)NC)s1. The van der Waals surface area contributed by atoms with Gasteiger partial charge in [0.1, 0.15) is 4.88 Å². The van der Waals surface area contributed by atoms with Gasteiger partial charge in [0.25, 0.3) is 5.91 Å². The topological polar surface area (TPSA) is 54.0 Å². The summed E-state index contributed by atoms with van der Waals surface area (Å²) in [4.78, 5) is 16.4. The number of likely N-dealkylation sites (N-methyl/N-ethyl adjacent to an activating group) is 1. The monoisotopic (exact) mass is 213 g/mol. The Morgan fingerprint density at radius 3 is 2.79 bits per heavy atom. The summed E-state index contributed by atoms with van der Waals surface area (Å²) in [7, 11) is 3.54. The van der Waals surface area contributed by atoms with Crippen molar-refractivity contribution in [2.45, 2.75) is 13.3 Å². The van der Waals surface area contributed by atoms with Crippen molar-refractivity contribution >= 4 is 17.2 Å². The number of thiazole rings is 1. The van der Waals surface area contributed by atoms with Crippen molar-refractivity contribution in [2.24, 2.45) is 0 Å². The van der Waals surface area contributed by atoms with E-state index in [0.717, 1.165) is 28.5 Å². The zero-order chi connectivity index (χ0) is 10.6. The van der Waals surface area contributed by atoms with Gasteiger partial charge < -0.3 is 10.6 Å². The van der Waals surface area contributed by atoms with Crippen molar-refractivity contribution in [1.29, 1.82) is 0 Å². The molecule has 2 N–H and O–H groups in total. The van der Waals surface area contributed by atoms with Crippen LogP contribution < -0.4 is 10.6 Å². The molecule has 0 aliphatic heterocycles. The van der Waals surface area contributed by atoms with E-state index in [1.54, 1.807) is 7.05 Å². The molecule has 0 aliphatic carbocycles. The first-order chi connectivity index (χ1) is 6.69. The van der Waals surface area contributed by atoms with Crippen LogP contribution in [0.2, 0.25) is 0 Å². The van der Waals surface area contributed by atoms with Crippen LogP contribution in [0.4, 0.5) is 0 Å². The fourth-order valence-corrected chi connectivity index (χ4v) is 2.13. The van der Waals surface area contributed by atoms with Crippen LogP contribution in [0.3, 0.4) is 0 Å². The van der Waals surface area contributed by atoms with E-state index < -0.39 is 0 Å². The highest BCUT2D eigenvalue weighted by Crippen LogP contribution is 2.17. The second-order valence-electron chi connectivity index (χ2n) is 2.95. The first kappa shape index (κ1) is 11.1. The Balaban J connectivity index is 2.77. The highest BCUT2D eigenvalue weighted by atomic mass is 32.1. The van der Waals surface area contributed by atoms with Crippen LogP contribution >= 0.6 is 11.3 Å². The molecule has 0 aliphatic rings. The molecule has 5 heteroatoms. The summed E-state index contributed by atoms with van der Waals surface area (Å²) in [6.07, 6.45) is 0.874. The van der Waals surface area contributed by atoms with Crippen LogP contribution in [0.15, 0.2) is 0 Å². The summed E-state index contributed by atoms with van der Waals surface area (Å²) in [5.41, 5.74) is 0.820. The summed E-state index contributed by atoms with van der Waals surface area (Å²) >= 11 is 1.47. The predicted molar refractivity (Wildman–Crippen MR) is 57.9 cm³/mol. The van der Waals surface area contributed by atoms with Crippen molar-refractivity contribution in [3.63, 3.8) is 0 Å². The number of aromatic nitrogens is 1. The van der Waals surface area contributed by atoms with Crippen LogP contribution in [-0.4, -0.2) is 31.5 Å². The second-order valence-corrected chi connectivity index (χ2v) is 4.04. The lowest BCUT2D eigenvalue weighted by atomic mass is 10.4. The van der Waals surface area contributed by atoms with Crippen LogP contribution in [-0.2, 0) is 6.42 Å². The van der Waals surface area contributed by atoms with E-state index in [1.165, 1.54) is 11.3 Å². The molecule has 0 unspecified atom stereocenters. The van der Waals surface area contributed by atoms with Gasteiger partial charge in [-0.2, -0.15) is 0 Å². The maximum atomic E-state index is 11.4. The Morgan fingerprint density at radius 2 is 2.21 bits per heavy atom. The number of nitrogens with one attached hydrogen (secondary N) is 2. The van der Waals surface area contributed by atoms with Gasteiger partial charge in [-0.3, -0.25) is 4.79 Å². The molecule has 1 amide bonds. The summed E-state index contributed by atoms with van der Waals surface area (Å²) in [6, 6.07) is 0. The standard InChI is InChI=1S/C9H15N3OS/c1-6-8(9(13)11-3)14-7(12-6)4-5-10-2/h10H,4-5H2,1-3H3,(H,11,13). The van der Waals surface area contributed by atoms with Gasteiger partial charge in [0.2, 0.25) is 0 Å². The molecule has 0 bridgehead atoms. The Hall–Kier alpha value is -0.940. The van der Waals surface area contributed by atoms with Gasteiger partial charge in [0.15, 0.2) is 0 Å². The number of aryl methyl sites for hydroxylation is 1. The fraction of sp³-hybridized carbons (Fsp3) is 0.556. The summed E-state index contributed by atoms with van der Waals surface area (Å²) in [5.74, 6) is -0.0456. The summed E-state index contributed by atoms with van der Waals surface area (Å²) in [6.45, 7) is 2.75. The van der Waals surface area contributed by atoms with Gasteiger partial charge in [0.05, 0.1) is 10.7 Å². The second kappa shape index (κ2) is 5.07. The highest BCUT2D eigenvalue weighted by Gasteiger charge is 2.12. The number of amides is 1. The fourth-order valence-electron chi connectivity index (χ4n) is 1.12. The molecule has 4 nitrogen and oxygen atoms in total. The van der Waals surface area contributed by atoms with E-state index in [9.17, 15) is 4.79 Å². The zero-order valence-corrected chi connectivity index (χ0v) is 9.49. The molecule has 0 radical (unpaired) electrons. The smallest absolute Gasteiger partial charge is 0.263 e. The lowest BCUT2D eigenvalue weighted by Gasteiger charge is -1.94. The number of carbonyl (C=O) groups is 1. The van der Waals surface area contributed by atoms with E-state index in [2.05, 4.69) is 15.6 Å². The normalized spacial score (nSPS) is 10.2. The van der Waals surface area contributed by atoms with Crippen molar-refractivity contribution in [3.05, 3.63) is 15.6 Å². The third-order valence-corrected chi connectivity index (χ3v) is 3.08. The molecule has 0 aromatic carbocycles. The molecule has 0 saturated heterocycles. The minimum absolute atomic E-state index is 0.0456. The Bertz CT molecular complexity index is 322. The highest BCUT2D eigenvalue weighted by molar-refractivity contribution is 7.13. The van der Waals surface area contributed by atoms with Crippen LogP contribution in [0, 0.1) is 6.92 Å². The number of hydrogen-bond acceptors (Lipinski definition) is 4. The van der Waals surface area contributed by atoms with Gasteiger partial charge in [-0.05, 0) is 14.0 Å². The summed E-state index contributed by atoms with van der Waals surface area (Å²) < 4.78 is 0. The van der Waals surface area contributed by atoms with E-state index in [1.807, 2.05) is 14.0 Å². The average molecular weight is 213 g/mol. The van der Waals surface area contributed by atoms with Crippen LogP contribution in [0.25, 0.3) is 0 Å². The molecule has 78 valence electrons. The quantitative estimate of drug-likeness (QED) is 0.769. The molecule has 0 spiro atoms. The minimum atomic E-state index is -0.0456. The van der Waals surface area contributed by atoms with Gasteiger partial charge in [-0.15, -0.1) is 11.3 Å². The van der Waals surface area contributed by atoms with Crippen LogP contribution in [0.5, 0.6) is 0 Å². The van der Waals surface area contributed by atoms with Gasteiger partial charge in [0, 0.05) is 20.0 Å². The minimum Gasteiger partial charge on any atom is -0.354 e. The molecule has 1 aromatic rings. The lowest BCUT2D eigenvalue weighted by Crippen LogP contribution is -2.17. The number of nitrogens with zero attached hydrogens (tertiary/aromatic N) is 1. The molecule has 0 atom stereocenters. The first-order valence-corrected chi connectivity index (χ1v) is 5.33. The lowest BCUT2D eigenvalue weighted by molar-refractivity contribution is 0.0966. The van der Waals surface area contributed by atoms with E-state index in [4.69, 9.17) is 0 Å². The maximum Gasteiger partial charge on any atom is 0.263 e. The molecule has 0 saturated carbocycles. The molecule has 1 aromatic heterocycles. The first-order valence-electron chi connectivity index (χ1n) is 4.52. The number of carbonyl (C=O) groups excluding carboxylic acids is 1. The molecular weight excluding hydrogens is 198 g/mol. The van der Waals surface area contributed by atoms with Gasteiger partial charge in [-0.1, -0.05) is 0 Å². The Morgan fingerprint density at radius 1 is 1.50 bits per heavy atom. The molecule has 14 heavy (non-hydrogen) atoms. The summed E-state index contributed by atoms with van der Waals surface area (Å²) in [5, 5.41) is 6.67. The Kier molecular flexibility index (Phi) is 4.03. The van der Waals surface area contributed by atoms with Gasteiger partial charge >= 0.3 is 0 Å². The van der Waals surface area contributed by atoms with E-state index in [-0.39, 0.29) is 5.91 Å². The maximum absolute atomic E-state index is 11.4. The van der Waals surface area contributed by atoms with Crippen molar-refractivity contribution in [1.82, 2.24) is 15.6 Å². The average Bonchev–Trinajstić information content (AvgIpc) is 2.55. The van der Waals surface area contributed by atoms with Crippen molar-refractivity contribution < 1.29 is 4.79 Å². The van der Waals surface area contributed by atoms with Gasteiger partial charge in [-0.25, -0.2) is 4.98 Å². The third-order valence-electron chi connectivity index (χ3n) is 1.86. The molecule has 1 rings (SSSR count).